The van der Waals surface area contributed by atoms with Crippen LogP contribution in [0, 0.1) is 22.7 Å². The summed E-state index contributed by atoms with van der Waals surface area (Å²) in [5.41, 5.74) is 0.586. The van der Waals surface area contributed by atoms with E-state index in [0.29, 0.717) is 31.6 Å². The molecule has 0 aromatic carbocycles. The maximum atomic E-state index is 13.2. The van der Waals surface area contributed by atoms with E-state index in [1.54, 1.807) is 0 Å². The van der Waals surface area contributed by atoms with Crippen molar-refractivity contribution in [3.63, 3.8) is 0 Å². The van der Waals surface area contributed by atoms with E-state index in [0.717, 1.165) is 38.5 Å². The molecule has 0 radical (unpaired) electrons. The average Bonchev–Trinajstić information content (AvgIpc) is 3.09. The summed E-state index contributed by atoms with van der Waals surface area (Å²) in [5, 5.41) is 11.7. The number of carbonyl (C=O) groups is 3. The number of allylic oxidation sites excluding steroid dienone is 6. The number of carbonyl (C=O) groups excluding carboxylic acids is 3. The second-order valence-corrected chi connectivity index (χ2v) is 11.3. The third-order valence-electron chi connectivity index (χ3n) is 9.47. The van der Waals surface area contributed by atoms with Crippen LogP contribution in [0.3, 0.4) is 0 Å². The lowest BCUT2D eigenvalue weighted by Gasteiger charge is -2.54. The van der Waals surface area contributed by atoms with Crippen molar-refractivity contribution >= 4 is 17.5 Å². The van der Waals surface area contributed by atoms with Crippen LogP contribution in [-0.2, 0) is 19.1 Å². The first kappa shape index (κ1) is 25.1. The monoisotopic (exact) mass is 468 g/mol. The SMILES string of the molecule is CC/C=C\CCCC(=O)OCC(=O)[C@@]1(O)CC[C@H]2[C@@H]3CCC4=CC(=O)CC[C@]4(C)C3=CC[C@@]21C. The zero-order valence-corrected chi connectivity index (χ0v) is 21.0. The van der Waals surface area contributed by atoms with E-state index in [4.69, 9.17) is 4.74 Å². The highest BCUT2D eigenvalue weighted by molar-refractivity contribution is 5.92. The number of hydrogen-bond acceptors (Lipinski definition) is 5. The number of fused-ring (bicyclic) bond motifs is 5. The van der Waals surface area contributed by atoms with Gasteiger partial charge in [0.15, 0.2) is 12.4 Å². The first-order chi connectivity index (χ1) is 16.2. The molecule has 0 bridgehead atoms. The van der Waals surface area contributed by atoms with Crippen LogP contribution in [0.1, 0.15) is 91.4 Å². The molecule has 0 aliphatic heterocycles. The number of Topliss-reactive ketones (excluding diaryl/α,β-unsaturated/α-hetero) is 1. The maximum Gasteiger partial charge on any atom is 0.306 e. The Morgan fingerprint density at radius 3 is 2.74 bits per heavy atom. The zero-order valence-electron chi connectivity index (χ0n) is 21.0. The van der Waals surface area contributed by atoms with Gasteiger partial charge in [-0.15, -0.1) is 0 Å². The molecule has 5 heteroatoms. The number of esters is 1. The second kappa shape index (κ2) is 9.56. The van der Waals surface area contributed by atoms with Gasteiger partial charge >= 0.3 is 5.97 Å². The number of aliphatic hydroxyl groups is 1. The van der Waals surface area contributed by atoms with Crippen molar-refractivity contribution < 1.29 is 24.2 Å². The van der Waals surface area contributed by atoms with Gasteiger partial charge in [0.1, 0.15) is 5.60 Å². The van der Waals surface area contributed by atoms with E-state index in [9.17, 15) is 19.5 Å². The lowest BCUT2D eigenvalue weighted by atomic mass is 9.50. The van der Waals surface area contributed by atoms with Gasteiger partial charge in [-0.25, -0.2) is 0 Å². The van der Waals surface area contributed by atoms with E-state index in [2.05, 4.69) is 39.0 Å². The minimum atomic E-state index is -1.47. The molecule has 0 spiro atoms. The van der Waals surface area contributed by atoms with Crippen molar-refractivity contribution in [3.05, 3.63) is 35.5 Å². The summed E-state index contributed by atoms with van der Waals surface area (Å²) in [5.74, 6) is 0.0475. The first-order valence-corrected chi connectivity index (χ1v) is 13.2. The summed E-state index contributed by atoms with van der Waals surface area (Å²) in [4.78, 5) is 37.4. The highest BCUT2D eigenvalue weighted by Gasteiger charge is 2.64. The fourth-order valence-corrected chi connectivity index (χ4v) is 7.31. The van der Waals surface area contributed by atoms with Crippen LogP contribution in [0.2, 0.25) is 0 Å². The van der Waals surface area contributed by atoms with E-state index in [1.807, 2.05) is 6.08 Å². The van der Waals surface area contributed by atoms with Crippen molar-refractivity contribution in [2.24, 2.45) is 22.7 Å². The van der Waals surface area contributed by atoms with Gasteiger partial charge < -0.3 is 9.84 Å². The largest absolute Gasteiger partial charge is 0.458 e. The molecule has 0 saturated heterocycles. The summed E-state index contributed by atoms with van der Waals surface area (Å²) in [6.07, 6.45) is 16.2. The van der Waals surface area contributed by atoms with Crippen molar-refractivity contribution in [2.75, 3.05) is 6.61 Å². The van der Waals surface area contributed by atoms with Gasteiger partial charge in [0, 0.05) is 23.7 Å². The predicted octanol–water partition coefficient (Wildman–Crippen LogP) is 5.42. The predicted molar refractivity (Wildman–Crippen MR) is 131 cm³/mol. The molecule has 0 amide bonds. The van der Waals surface area contributed by atoms with E-state index in [-0.39, 0.29) is 41.9 Å². The molecule has 4 rings (SSSR count). The Hall–Kier alpha value is -2.01. The Balaban J connectivity index is 1.44. The molecular weight excluding hydrogens is 428 g/mol. The van der Waals surface area contributed by atoms with Gasteiger partial charge in [-0.2, -0.15) is 0 Å². The fourth-order valence-electron chi connectivity index (χ4n) is 7.31. The molecule has 0 heterocycles. The van der Waals surface area contributed by atoms with E-state index in [1.165, 1.54) is 11.1 Å². The average molecular weight is 469 g/mol. The summed E-state index contributed by atoms with van der Waals surface area (Å²) in [6, 6.07) is 0. The van der Waals surface area contributed by atoms with Crippen molar-refractivity contribution in [3.8, 4) is 0 Å². The molecule has 0 unspecified atom stereocenters. The zero-order chi connectivity index (χ0) is 24.6. The Morgan fingerprint density at radius 1 is 1.18 bits per heavy atom. The minimum Gasteiger partial charge on any atom is -0.458 e. The molecule has 186 valence electrons. The van der Waals surface area contributed by atoms with Crippen LogP contribution < -0.4 is 0 Å². The van der Waals surface area contributed by atoms with E-state index < -0.39 is 11.0 Å². The highest BCUT2D eigenvalue weighted by Crippen LogP contribution is 2.65. The van der Waals surface area contributed by atoms with Crippen LogP contribution in [0.4, 0.5) is 0 Å². The molecule has 5 nitrogen and oxygen atoms in total. The Kier molecular flexibility index (Phi) is 7.06. The van der Waals surface area contributed by atoms with Crippen molar-refractivity contribution in [2.45, 2.75) is 97.0 Å². The second-order valence-electron chi connectivity index (χ2n) is 11.3. The molecule has 34 heavy (non-hydrogen) atoms. The highest BCUT2D eigenvalue weighted by atomic mass is 16.5. The fraction of sp³-hybridized carbons (Fsp3) is 0.690. The molecule has 4 aliphatic carbocycles. The van der Waals surface area contributed by atoms with Crippen LogP contribution in [0.15, 0.2) is 35.5 Å². The molecule has 2 fully saturated rings. The summed E-state index contributed by atoms with van der Waals surface area (Å²) < 4.78 is 5.29. The van der Waals surface area contributed by atoms with Crippen molar-refractivity contribution in [1.82, 2.24) is 0 Å². The molecule has 1 N–H and O–H groups in total. The number of ketones is 2. The number of ether oxygens (including phenoxy) is 1. The normalized spacial score (nSPS) is 36.9. The molecular formula is C29H40O5. The molecule has 4 aliphatic rings. The van der Waals surface area contributed by atoms with Crippen LogP contribution in [0.5, 0.6) is 0 Å². The van der Waals surface area contributed by atoms with Gasteiger partial charge in [0.05, 0.1) is 0 Å². The molecule has 5 atom stereocenters. The van der Waals surface area contributed by atoms with Crippen LogP contribution in [0.25, 0.3) is 0 Å². The Bertz CT molecular complexity index is 942. The van der Waals surface area contributed by atoms with Crippen molar-refractivity contribution in [1.29, 1.82) is 0 Å². The third-order valence-corrected chi connectivity index (χ3v) is 9.47. The Morgan fingerprint density at radius 2 is 1.97 bits per heavy atom. The Labute approximate surface area is 203 Å². The van der Waals surface area contributed by atoms with Gasteiger partial charge in [0.2, 0.25) is 5.78 Å². The van der Waals surface area contributed by atoms with E-state index >= 15 is 0 Å². The number of rotatable bonds is 8. The van der Waals surface area contributed by atoms with Gasteiger partial charge in [0.25, 0.3) is 0 Å². The molecule has 2 saturated carbocycles. The maximum absolute atomic E-state index is 13.2. The molecule has 0 aromatic heterocycles. The minimum absolute atomic E-state index is 0.0648. The van der Waals surface area contributed by atoms with Gasteiger partial charge in [-0.1, -0.05) is 50.1 Å². The quantitative estimate of drug-likeness (QED) is 0.292. The van der Waals surface area contributed by atoms with Crippen LogP contribution >= 0.6 is 0 Å². The summed E-state index contributed by atoms with van der Waals surface area (Å²) >= 11 is 0. The lowest BCUT2D eigenvalue weighted by Crippen LogP contribution is -2.55. The standard InChI is InChI=1S/C29H40O5/c1-4-5-6-7-8-9-26(32)34-19-25(31)29(33)17-14-24-22-11-10-20-18-21(30)12-15-27(20,2)23(22)13-16-28(24,29)3/h5-6,13,18,22,24,33H,4,7-12,14-17,19H2,1-3H3/b6-5-/t22-,24+,27+,28+,29+/m1/s1. The smallest absolute Gasteiger partial charge is 0.306 e. The lowest BCUT2D eigenvalue weighted by molar-refractivity contribution is -0.163. The van der Waals surface area contributed by atoms with Crippen LogP contribution in [-0.4, -0.2) is 34.9 Å². The van der Waals surface area contributed by atoms with Gasteiger partial charge in [-0.3, -0.25) is 14.4 Å². The summed E-state index contributed by atoms with van der Waals surface area (Å²) in [7, 11) is 0. The number of unbranched alkanes of at least 4 members (excludes halogenated alkanes) is 1. The first-order valence-electron chi connectivity index (χ1n) is 13.2. The van der Waals surface area contributed by atoms with Gasteiger partial charge in [-0.05, 0) is 75.7 Å². The third kappa shape index (κ3) is 4.14. The topological polar surface area (TPSA) is 80.7 Å². The number of hydrogen-bond donors (Lipinski definition) is 1. The summed E-state index contributed by atoms with van der Waals surface area (Å²) in [6.45, 7) is 6.04. The molecule has 0 aromatic rings.